The van der Waals surface area contributed by atoms with E-state index in [0.717, 1.165) is 18.5 Å². The number of rotatable bonds is 4. The van der Waals surface area contributed by atoms with E-state index >= 15 is 0 Å². The van der Waals surface area contributed by atoms with E-state index in [-0.39, 0.29) is 5.56 Å². The van der Waals surface area contributed by atoms with Crippen LogP contribution in [-0.4, -0.2) is 25.6 Å². The van der Waals surface area contributed by atoms with Gasteiger partial charge < -0.3 is 5.32 Å². The molecule has 0 atom stereocenters. The Morgan fingerprint density at radius 1 is 1.00 bits per heavy atom. The topological polar surface area (TPSA) is 72.7 Å². The van der Waals surface area contributed by atoms with Gasteiger partial charge in [-0.05, 0) is 49.3 Å². The standard InChI is InChI=1S/C18H17N5O/c24-16-10-19-15-9-20-18(21-13-5-6-13)22-17(15)23(16)14-7-3-12(4-8-14)11-1-2-11/h3-4,7-11,13H,1-2,5-6H2,(H,20,21,22). The van der Waals surface area contributed by atoms with Crippen LogP contribution in [0.15, 0.2) is 41.5 Å². The minimum Gasteiger partial charge on any atom is -0.351 e. The molecular formula is C18H17N5O. The molecule has 3 aromatic rings. The predicted octanol–water partition coefficient (Wildman–Crippen LogP) is 2.63. The molecule has 2 aliphatic carbocycles. The lowest BCUT2D eigenvalue weighted by molar-refractivity contribution is 0.966. The molecule has 6 heteroatoms. The Morgan fingerprint density at radius 3 is 2.50 bits per heavy atom. The van der Waals surface area contributed by atoms with Crippen LogP contribution in [0.2, 0.25) is 0 Å². The molecule has 0 spiro atoms. The molecule has 0 unspecified atom stereocenters. The van der Waals surface area contributed by atoms with Crippen LogP contribution in [-0.2, 0) is 0 Å². The summed E-state index contributed by atoms with van der Waals surface area (Å²) in [6, 6.07) is 8.65. The van der Waals surface area contributed by atoms with Gasteiger partial charge in [-0.3, -0.25) is 9.36 Å². The lowest BCUT2D eigenvalue weighted by atomic mass is 10.1. The van der Waals surface area contributed by atoms with Gasteiger partial charge in [0, 0.05) is 6.04 Å². The SMILES string of the molecule is O=c1cnc2cnc(NC3CC3)nc2n1-c1ccc(C2CC2)cc1. The Hall–Kier alpha value is -2.76. The van der Waals surface area contributed by atoms with E-state index in [2.05, 4.69) is 32.4 Å². The van der Waals surface area contributed by atoms with Crippen molar-refractivity contribution in [1.29, 1.82) is 0 Å². The summed E-state index contributed by atoms with van der Waals surface area (Å²) in [5.74, 6) is 1.25. The van der Waals surface area contributed by atoms with Crippen molar-refractivity contribution in [3.05, 3.63) is 52.6 Å². The first-order chi connectivity index (χ1) is 11.8. The van der Waals surface area contributed by atoms with E-state index in [0.29, 0.717) is 29.1 Å². The second-order valence-corrected chi connectivity index (χ2v) is 6.62. The molecule has 24 heavy (non-hydrogen) atoms. The largest absolute Gasteiger partial charge is 0.351 e. The van der Waals surface area contributed by atoms with E-state index in [1.807, 2.05) is 12.1 Å². The summed E-state index contributed by atoms with van der Waals surface area (Å²) < 4.78 is 1.61. The molecule has 2 aliphatic rings. The molecule has 2 fully saturated rings. The zero-order valence-corrected chi connectivity index (χ0v) is 13.1. The Morgan fingerprint density at radius 2 is 1.79 bits per heavy atom. The van der Waals surface area contributed by atoms with E-state index in [9.17, 15) is 4.79 Å². The van der Waals surface area contributed by atoms with Gasteiger partial charge in [0.1, 0.15) is 5.52 Å². The number of nitrogens with zero attached hydrogens (tertiary/aromatic N) is 4. The zero-order chi connectivity index (χ0) is 16.1. The van der Waals surface area contributed by atoms with Crippen molar-refractivity contribution < 1.29 is 0 Å². The fourth-order valence-corrected chi connectivity index (χ4v) is 2.95. The number of hydrogen-bond donors (Lipinski definition) is 1. The number of anilines is 1. The maximum absolute atomic E-state index is 12.4. The normalized spacial score (nSPS) is 17.2. The molecule has 2 aromatic heterocycles. The molecule has 2 saturated carbocycles. The maximum Gasteiger partial charge on any atom is 0.275 e. The molecule has 0 aliphatic heterocycles. The second-order valence-electron chi connectivity index (χ2n) is 6.62. The van der Waals surface area contributed by atoms with Crippen LogP contribution in [0.1, 0.15) is 37.2 Å². The first-order valence-electron chi connectivity index (χ1n) is 8.39. The van der Waals surface area contributed by atoms with Gasteiger partial charge in [-0.25, -0.2) is 9.97 Å². The average molecular weight is 319 g/mol. The quantitative estimate of drug-likeness (QED) is 0.800. The van der Waals surface area contributed by atoms with Crippen LogP contribution in [0.4, 0.5) is 5.95 Å². The minimum absolute atomic E-state index is 0.183. The van der Waals surface area contributed by atoms with E-state index in [1.54, 1.807) is 10.8 Å². The van der Waals surface area contributed by atoms with Crippen LogP contribution in [0.25, 0.3) is 16.9 Å². The zero-order valence-electron chi connectivity index (χ0n) is 13.1. The average Bonchev–Trinajstić information content (AvgIpc) is 3.49. The fraction of sp³-hybridized carbons (Fsp3) is 0.333. The summed E-state index contributed by atoms with van der Waals surface area (Å²) in [6.45, 7) is 0. The smallest absolute Gasteiger partial charge is 0.275 e. The monoisotopic (exact) mass is 319 g/mol. The van der Waals surface area contributed by atoms with Crippen LogP contribution in [0, 0.1) is 0 Å². The molecular weight excluding hydrogens is 302 g/mol. The third-order valence-corrected chi connectivity index (χ3v) is 4.61. The van der Waals surface area contributed by atoms with Crippen molar-refractivity contribution in [3.63, 3.8) is 0 Å². The first-order valence-corrected chi connectivity index (χ1v) is 8.39. The van der Waals surface area contributed by atoms with E-state index in [1.165, 1.54) is 24.6 Å². The van der Waals surface area contributed by atoms with Crippen LogP contribution in [0.3, 0.4) is 0 Å². The molecule has 0 amide bonds. The highest BCUT2D eigenvalue weighted by molar-refractivity contribution is 5.72. The highest BCUT2D eigenvalue weighted by atomic mass is 16.1. The van der Waals surface area contributed by atoms with Gasteiger partial charge in [-0.1, -0.05) is 12.1 Å². The third-order valence-electron chi connectivity index (χ3n) is 4.61. The predicted molar refractivity (Wildman–Crippen MR) is 91.5 cm³/mol. The van der Waals surface area contributed by atoms with Gasteiger partial charge in [0.2, 0.25) is 5.95 Å². The van der Waals surface area contributed by atoms with Gasteiger partial charge in [0.05, 0.1) is 18.1 Å². The Bertz CT molecular complexity index is 971. The minimum atomic E-state index is -0.183. The summed E-state index contributed by atoms with van der Waals surface area (Å²) in [5, 5.41) is 3.27. The molecule has 1 aromatic carbocycles. The molecule has 6 nitrogen and oxygen atoms in total. The number of aromatic nitrogens is 4. The van der Waals surface area contributed by atoms with Gasteiger partial charge in [-0.15, -0.1) is 0 Å². The first kappa shape index (κ1) is 13.7. The van der Waals surface area contributed by atoms with Crippen LogP contribution in [0.5, 0.6) is 0 Å². The van der Waals surface area contributed by atoms with Gasteiger partial charge in [0.25, 0.3) is 5.56 Å². The van der Waals surface area contributed by atoms with E-state index < -0.39 is 0 Å². The molecule has 2 heterocycles. The Balaban J connectivity index is 1.64. The second kappa shape index (κ2) is 5.12. The number of nitrogens with one attached hydrogen (secondary N) is 1. The number of hydrogen-bond acceptors (Lipinski definition) is 5. The molecule has 0 radical (unpaired) electrons. The van der Waals surface area contributed by atoms with Crippen molar-refractivity contribution in [1.82, 2.24) is 19.5 Å². The Labute approximate surface area is 138 Å². The van der Waals surface area contributed by atoms with Crippen LogP contribution >= 0.6 is 0 Å². The van der Waals surface area contributed by atoms with Crippen molar-refractivity contribution in [2.45, 2.75) is 37.6 Å². The van der Waals surface area contributed by atoms with Crippen LogP contribution < -0.4 is 10.9 Å². The molecule has 120 valence electrons. The lowest BCUT2D eigenvalue weighted by Gasteiger charge is -2.10. The fourth-order valence-electron chi connectivity index (χ4n) is 2.95. The van der Waals surface area contributed by atoms with Gasteiger partial charge in [0.15, 0.2) is 5.65 Å². The summed E-state index contributed by atoms with van der Waals surface area (Å²) in [6.07, 6.45) is 7.81. The third kappa shape index (κ3) is 2.44. The van der Waals surface area contributed by atoms with Crippen molar-refractivity contribution in [2.24, 2.45) is 0 Å². The van der Waals surface area contributed by atoms with Crippen molar-refractivity contribution in [2.75, 3.05) is 5.32 Å². The van der Waals surface area contributed by atoms with Crippen molar-refractivity contribution >= 4 is 17.1 Å². The van der Waals surface area contributed by atoms with Gasteiger partial charge in [-0.2, -0.15) is 4.98 Å². The molecule has 1 N–H and O–H groups in total. The Kier molecular flexibility index (Phi) is 2.92. The number of fused-ring (bicyclic) bond motifs is 1. The van der Waals surface area contributed by atoms with Gasteiger partial charge >= 0.3 is 0 Å². The van der Waals surface area contributed by atoms with Crippen molar-refractivity contribution in [3.8, 4) is 5.69 Å². The van der Waals surface area contributed by atoms with E-state index in [4.69, 9.17) is 0 Å². The summed E-state index contributed by atoms with van der Waals surface area (Å²) in [5.41, 5.74) is 3.13. The number of benzene rings is 1. The highest BCUT2D eigenvalue weighted by Crippen LogP contribution is 2.40. The molecule has 0 saturated heterocycles. The summed E-state index contributed by atoms with van der Waals surface area (Å²) in [7, 11) is 0. The highest BCUT2D eigenvalue weighted by Gasteiger charge is 2.24. The summed E-state index contributed by atoms with van der Waals surface area (Å²) >= 11 is 0. The molecule has 5 rings (SSSR count). The maximum atomic E-state index is 12.4. The molecule has 0 bridgehead atoms. The summed E-state index contributed by atoms with van der Waals surface area (Å²) in [4.78, 5) is 25.4. The lowest BCUT2D eigenvalue weighted by Crippen LogP contribution is -2.20.